The fourth-order valence-corrected chi connectivity index (χ4v) is 3.24. The van der Waals surface area contributed by atoms with E-state index in [1.54, 1.807) is 6.08 Å². The molecule has 0 aliphatic heterocycles. The van der Waals surface area contributed by atoms with E-state index in [1.165, 1.54) is 33.4 Å². The molecule has 0 spiro atoms. The Balaban J connectivity index is 0.000000223. The lowest BCUT2D eigenvalue weighted by molar-refractivity contribution is 1.03. The molecule has 1 aliphatic rings. The maximum absolute atomic E-state index is 4.60. The molecule has 0 saturated carbocycles. The minimum Gasteiger partial charge on any atom is -0.248 e. The average molecular weight is 358 g/mol. The van der Waals surface area contributed by atoms with E-state index in [-0.39, 0.29) is 0 Å². The van der Waals surface area contributed by atoms with Gasteiger partial charge in [0.1, 0.15) is 0 Å². The molecule has 1 heteroatoms. The number of hydrogen-bond acceptors (Lipinski definition) is 1. The van der Waals surface area contributed by atoms with Crippen LogP contribution in [0.1, 0.15) is 53.4 Å². The summed E-state index contributed by atoms with van der Waals surface area (Å²) in [5, 5.41) is 0. The average Bonchev–Trinajstić information content (AvgIpc) is 2.92. The summed E-state index contributed by atoms with van der Waals surface area (Å²) in [6, 6.07) is 10.5. The summed E-state index contributed by atoms with van der Waals surface area (Å²) < 4.78 is 0. The van der Waals surface area contributed by atoms with Crippen LogP contribution in [-0.2, 0) is 0 Å². The van der Waals surface area contributed by atoms with Crippen LogP contribution in [0.15, 0.2) is 66.8 Å². The summed E-state index contributed by atoms with van der Waals surface area (Å²) in [7, 11) is 0. The van der Waals surface area contributed by atoms with Gasteiger partial charge in [0.2, 0.25) is 0 Å². The van der Waals surface area contributed by atoms with E-state index in [9.17, 15) is 0 Å². The quantitative estimate of drug-likeness (QED) is 0.560. The van der Waals surface area contributed by atoms with Crippen molar-refractivity contribution in [1.82, 2.24) is 4.98 Å². The molecule has 0 bridgehead atoms. The van der Waals surface area contributed by atoms with E-state index in [2.05, 4.69) is 88.7 Å². The lowest BCUT2D eigenvalue weighted by Crippen LogP contribution is -1.93. The predicted molar refractivity (Wildman–Crippen MR) is 120 cm³/mol. The maximum Gasteiger partial charge on any atom is 0.0708 e. The highest BCUT2D eigenvalue weighted by Crippen LogP contribution is 2.25. The summed E-state index contributed by atoms with van der Waals surface area (Å²) in [6.07, 6.45) is 12.4. The minimum absolute atomic E-state index is 0.927. The first kappa shape index (κ1) is 20.6. The Hall–Kier alpha value is -2.67. The predicted octanol–water partition coefficient (Wildman–Crippen LogP) is 7.32. The molecule has 0 radical (unpaired) electrons. The third kappa shape index (κ3) is 5.65. The van der Waals surface area contributed by atoms with Gasteiger partial charge in [-0.25, -0.2) is 4.98 Å². The maximum atomic E-state index is 4.60. The van der Waals surface area contributed by atoms with Crippen molar-refractivity contribution in [2.24, 2.45) is 0 Å². The summed E-state index contributed by atoms with van der Waals surface area (Å²) >= 11 is 0. The van der Waals surface area contributed by atoms with Crippen molar-refractivity contribution in [3.05, 3.63) is 100 Å². The molecule has 0 unspecified atom stereocenters. The number of allylic oxidation sites excluding steroid dienone is 6. The number of hydrogen-bond donors (Lipinski definition) is 0. The largest absolute Gasteiger partial charge is 0.248 e. The van der Waals surface area contributed by atoms with Gasteiger partial charge in [0, 0.05) is 0 Å². The van der Waals surface area contributed by atoms with Crippen molar-refractivity contribution < 1.29 is 0 Å². The fraction of sp³-hybridized carbons (Fsp3) is 0.269. The number of rotatable bonds is 3. The van der Waals surface area contributed by atoms with Gasteiger partial charge < -0.3 is 0 Å². The zero-order chi connectivity index (χ0) is 19.8. The molecule has 1 heterocycles. The van der Waals surface area contributed by atoms with Gasteiger partial charge in [-0.3, -0.25) is 0 Å². The van der Waals surface area contributed by atoms with Crippen LogP contribution in [0.5, 0.6) is 0 Å². The lowest BCUT2D eigenvalue weighted by atomic mass is 10.00. The standard InChI is InChI=1S/C16H17N.C10H14/c1-3-13-9-6-5-7-11-15(13)16-12-8-10-14(4-2)17-16;1-7-5-8(2)10(4)9(3)6-7/h4-8,10-12H,2-3,9H2,1H3;5-6H,1-4H3. The molecule has 1 aromatic carbocycles. The van der Waals surface area contributed by atoms with Gasteiger partial charge in [-0.05, 0) is 81.0 Å². The van der Waals surface area contributed by atoms with E-state index >= 15 is 0 Å². The Labute approximate surface area is 164 Å². The second kappa shape index (κ2) is 9.87. The van der Waals surface area contributed by atoms with Crippen molar-refractivity contribution in [1.29, 1.82) is 0 Å². The molecule has 1 aromatic heterocycles. The number of benzene rings is 1. The van der Waals surface area contributed by atoms with Crippen LogP contribution >= 0.6 is 0 Å². The van der Waals surface area contributed by atoms with E-state index < -0.39 is 0 Å². The van der Waals surface area contributed by atoms with Crippen LogP contribution in [0.4, 0.5) is 0 Å². The van der Waals surface area contributed by atoms with Crippen LogP contribution in [-0.4, -0.2) is 4.98 Å². The molecular weight excluding hydrogens is 326 g/mol. The van der Waals surface area contributed by atoms with Crippen LogP contribution in [0.3, 0.4) is 0 Å². The summed E-state index contributed by atoms with van der Waals surface area (Å²) in [6.45, 7) is 14.6. The third-order valence-corrected chi connectivity index (χ3v) is 5.01. The first-order valence-corrected chi connectivity index (χ1v) is 9.65. The molecule has 27 heavy (non-hydrogen) atoms. The second-order valence-corrected chi connectivity index (χ2v) is 7.04. The molecule has 0 fully saturated rings. The van der Waals surface area contributed by atoms with E-state index in [0.717, 1.165) is 24.2 Å². The van der Waals surface area contributed by atoms with Gasteiger partial charge >= 0.3 is 0 Å². The van der Waals surface area contributed by atoms with Crippen LogP contribution < -0.4 is 0 Å². The number of pyridine rings is 1. The zero-order valence-electron chi connectivity index (χ0n) is 17.3. The highest BCUT2D eigenvalue weighted by atomic mass is 14.7. The number of aromatic nitrogens is 1. The Morgan fingerprint density at radius 1 is 1.04 bits per heavy atom. The van der Waals surface area contributed by atoms with Gasteiger partial charge in [-0.2, -0.15) is 0 Å². The Morgan fingerprint density at radius 2 is 1.74 bits per heavy atom. The Bertz CT molecular complexity index is 871. The summed E-state index contributed by atoms with van der Waals surface area (Å²) in [5.74, 6) is 0. The molecule has 0 amide bonds. The van der Waals surface area contributed by atoms with Gasteiger partial charge in [-0.1, -0.05) is 67.1 Å². The topological polar surface area (TPSA) is 12.9 Å². The second-order valence-electron chi connectivity index (χ2n) is 7.04. The first-order chi connectivity index (χ1) is 13.0. The van der Waals surface area contributed by atoms with Crippen LogP contribution in [0.25, 0.3) is 11.6 Å². The van der Waals surface area contributed by atoms with E-state index in [1.807, 2.05) is 12.1 Å². The van der Waals surface area contributed by atoms with Crippen molar-refractivity contribution >= 4 is 11.6 Å². The normalized spacial score (nSPS) is 13.1. The van der Waals surface area contributed by atoms with E-state index in [0.29, 0.717) is 0 Å². The monoisotopic (exact) mass is 357 g/mol. The molecule has 0 saturated heterocycles. The molecule has 1 nitrogen and oxygen atoms in total. The highest BCUT2D eigenvalue weighted by molar-refractivity contribution is 5.76. The number of nitrogens with zero attached hydrogens (tertiary/aromatic N) is 1. The Morgan fingerprint density at radius 3 is 2.37 bits per heavy atom. The molecule has 0 atom stereocenters. The summed E-state index contributed by atoms with van der Waals surface area (Å²) in [5.41, 5.74) is 10.2. The van der Waals surface area contributed by atoms with Crippen LogP contribution in [0.2, 0.25) is 0 Å². The molecular formula is C26H31N. The van der Waals surface area contributed by atoms with Gasteiger partial charge in [0.25, 0.3) is 0 Å². The fourth-order valence-electron chi connectivity index (χ4n) is 3.24. The molecule has 3 rings (SSSR count). The van der Waals surface area contributed by atoms with Crippen molar-refractivity contribution in [3.8, 4) is 0 Å². The molecule has 0 N–H and O–H groups in total. The summed E-state index contributed by atoms with van der Waals surface area (Å²) in [4.78, 5) is 4.60. The zero-order valence-corrected chi connectivity index (χ0v) is 17.3. The number of aryl methyl sites for hydroxylation is 3. The van der Waals surface area contributed by atoms with Crippen LogP contribution in [0, 0.1) is 27.7 Å². The SMILES string of the molecule is C=Cc1cccc(C2=C(CC)CC=CC=C2)n1.Cc1cc(C)c(C)c(C)c1. The molecule has 140 valence electrons. The van der Waals surface area contributed by atoms with Gasteiger partial charge in [-0.15, -0.1) is 0 Å². The van der Waals surface area contributed by atoms with Crippen molar-refractivity contribution in [2.75, 3.05) is 0 Å². The van der Waals surface area contributed by atoms with Gasteiger partial charge in [0.05, 0.1) is 11.4 Å². The third-order valence-electron chi connectivity index (χ3n) is 5.01. The Kier molecular flexibility index (Phi) is 7.55. The highest BCUT2D eigenvalue weighted by Gasteiger charge is 2.07. The minimum atomic E-state index is 0.927. The van der Waals surface area contributed by atoms with Crippen molar-refractivity contribution in [3.63, 3.8) is 0 Å². The smallest absolute Gasteiger partial charge is 0.0708 e. The van der Waals surface area contributed by atoms with E-state index in [4.69, 9.17) is 0 Å². The first-order valence-electron chi connectivity index (χ1n) is 9.65. The van der Waals surface area contributed by atoms with Gasteiger partial charge in [0.15, 0.2) is 0 Å². The molecule has 2 aromatic rings. The van der Waals surface area contributed by atoms with Crippen molar-refractivity contribution in [2.45, 2.75) is 47.5 Å². The lowest BCUT2D eigenvalue weighted by Gasteiger charge is -2.09. The molecule has 1 aliphatic carbocycles.